The third-order valence-corrected chi connectivity index (χ3v) is 3.90. The first-order chi connectivity index (χ1) is 9.97. The first-order valence-electron chi connectivity index (χ1n) is 7.16. The van der Waals surface area contributed by atoms with Crippen molar-refractivity contribution >= 4 is 6.03 Å². The summed E-state index contributed by atoms with van der Waals surface area (Å²) in [6, 6.07) is 5.17. The van der Waals surface area contributed by atoms with Crippen LogP contribution < -0.4 is 5.73 Å². The molecule has 1 saturated heterocycles. The number of urea groups is 1. The number of hydrogen-bond donors (Lipinski definition) is 2. The van der Waals surface area contributed by atoms with E-state index < -0.39 is 6.03 Å². The second-order valence-corrected chi connectivity index (χ2v) is 5.48. The summed E-state index contributed by atoms with van der Waals surface area (Å²) in [4.78, 5) is 10.8. The molecule has 2 unspecified atom stereocenters. The molecule has 1 aromatic rings. The zero-order chi connectivity index (χ0) is 15.4. The summed E-state index contributed by atoms with van der Waals surface area (Å²) in [6.07, 6.45) is 3.24. The number of ether oxygens (including phenoxy) is 1. The lowest BCUT2D eigenvalue weighted by atomic mass is 10.0. The molecule has 6 heteroatoms. The molecule has 1 aliphatic heterocycles. The summed E-state index contributed by atoms with van der Waals surface area (Å²) in [5.74, 6) is -0.253. The molecule has 5 nitrogen and oxygen atoms in total. The number of rotatable bonds is 5. The Morgan fingerprint density at radius 1 is 1.48 bits per heavy atom. The summed E-state index contributed by atoms with van der Waals surface area (Å²) >= 11 is 0. The van der Waals surface area contributed by atoms with Crippen LogP contribution in [0.1, 0.15) is 44.3 Å². The third-order valence-electron chi connectivity index (χ3n) is 3.90. The smallest absolute Gasteiger partial charge is 0.338 e. The highest BCUT2D eigenvalue weighted by Crippen LogP contribution is 2.34. The Bertz CT molecular complexity index is 480. The zero-order valence-electron chi connectivity index (χ0n) is 12.0. The van der Waals surface area contributed by atoms with Gasteiger partial charge in [0.25, 0.3) is 0 Å². The van der Waals surface area contributed by atoms with E-state index in [1.165, 1.54) is 12.1 Å². The number of benzene rings is 1. The molecule has 1 aliphatic rings. The quantitative estimate of drug-likeness (QED) is 0.648. The van der Waals surface area contributed by atoms with Crippen LogP contribution in [-0.4, -0.2) is 28.4 Å². The molecular weight excluding hydrogens is 275 g/mol. The topological polar surface area (TPSA) is 75.8 Å². The van der Waals surface area contributed by atoms with Crippen LogP contribution in [0.2, 0.25) is 0 Å². The number of hydrogen-bond acceptors (Lipinski definition) is 3. The van der Waals surface area contributed by atoms with E-state index in [2.05, 4.69) is 0 Å². The number of nitrogens with two attached hydrogens (primary N) is 1. The van der Waals surface area contributed by atoms with Gasteiger partial charge in [-0.1, -0.05) is 12.1 Å². The first kappa shape index (κ1) is 15.7. The molecule has 1 fully saturated rings. The summed E-state index contributed by atoms with van der Waals surface area (Å²) in [7, 11) is 0. The Labute approximate surface area is 123 Å². The molecule has 0 radical (unpaired) electrons. The molecule has 0 aliphatic carbocycles. The van der Waals surface area contributed by atoms with Gasteiger partial charge in [-0.05, 0) is 50.3 Å². The maximum atomic E-state index is 12.9. The highest BCUT2D eigenvalue weighted by atomic mass is 19.1. The lowest BCUT2D eigenvalue weighted by Gasteiger charge is -2.22. The molecular formula is C15H21FN2O3. The summed E-state index contributed by atoms with van der Waals surface area (Å²) in [5.41, 5.74) is 5.99. The van der Waals surface area contributed by atoms with E-state index in [9.17, 15) is 14.4 Å². The second kappa shape index (κ2) is 6.87. The van der Waals surface area contributed by atoms with Crippen molar-refractivity contribution < 1.29 is 19.1 Å². The van der Waals surface area contributed by atoms with Crippen molar-refractivity contribution in [3.8, 4) is 0 Å². The van der Waals surface area contributed by atoms with Gasteiger partial charge in [0.1, 0.15) is 5.82 Å². The van der Waals surface area contributed by atoms with E-state index in [1.807, 2.05) is 0 Å². The molecule has 1 aromatic carbocycles. The van der Waals surface area contributed by atoms with Gasteiger partial charge in [-0.3, -0.25) is 5.21 Å². The molecule has 3 atom stereocenters. The van der Waals surface area contributed by atoms with E-state index in [0.29, 0.717) is 11.5 Å². The van der Waals surface area contributed by atoms with Gasteiger partial charge < -0.3 is 10.5 Å². The van der Waals surface area contributed by atoms with Crippen LogP contribution in [-0.2, 0) is 4.74 Å². The number of hydroxylamine groups is 2. The number of carbonyl (C=O) groups is 1. The minimum atomic E-state index is -0.848. The third kappa shape index (κ3) is 4.15. The fraction of sp³-hybridized carbons (Fsp3) is 0.533. The van der Waals surface area contributed by atoms with Gasteiger partial charge in [0.15, 0.2) is 0 Å². The Morgan fingerprint density at radius 2 is 2.14 bits per heavy atom. The minimum absolute atomic E-state index is 0.00715. The van der Waals surface area contributed by atoms with Crippen LogP contribution in [0.4, 0.5) is 9.18 Å². The lowest BCUT2D eigenvalue weighted by Crippen LogP contribution is -2.39. The van der Waals surface area contributed by atoms with Crippen LogP contribution in [0.3, 0.4) is 0 Å². The average molecular weight is 296 g/mol. The van der Waals surface area contributed by atoms with Crippen LogP contribution >= 0.6 is 0 Å². The van der Waals surface area contributed by atoms with Gasteiger partial charge in [0.2, 0.25) is 0 Å². The standard InChI is InChI=1S/C15H21FN2O3/c1-10(18(20)15(17)19)2-7-13-8-9-14(21-13)11-3-5-12(16)6-4-11/h3-6,10,13-14,20H,2,7-9H2,1H3,(H2,17,19)/t10?,13?,14-/m1/s1. The van der Waals surface area contributed by atoms with Crippen molar-refractivity contribution in [2.75, 3.05) is 0 Å². The van der Waals surface area contributed by atoms with Crippen LogP contribution in [0.25, 0.3) is 0 Å². The number of amides is 2. The van der Waals surface area contributed by atoms with E-state index in [0.717, 1.165) is 24.8 Å². The SMILES string of the molecule is CC(CCC1CC[C@H](c2ccc(F)cc2)O1)N(O)C(N)=O. The van der Waals surface area contributed by atoms with Crippen LogP contribution in [0, 0.1) is 5.82 Å². The van der Waals surface area contributed by atoms with Gasteiger partial charge in [0.05, 0.1) is 18.2 Å². The number of carbonyl (C=O) groups excluding carboxylic acids is 1. The first-order valence-corrected chi connectivity index (χ1v) is 7.16. The molecule has 2 amide bonds. The van der Waals surface area contributed by atoms with Crippen molar-refractivity contribution in [1.29, 1.82) is 0 Å². The largest absolute Gasteiger partial charge is 0.370 e. The molecule has 0 spiro atoms. The van der Waals surface area contributed by atoms with Gasteiger partial charge >= 0.3 is 6.03 Å². The van der Waals surface area contributed by atoms with Gasteiger partial charge in [-0.2, -0.15) is 0 Å². The van der Waals surface area contributed by atoms with Gasteiger partial charge in [-0.25, -0.2) is 14.2 Å². The van der Waals surface area contributed by atoms with Gasteiger partial charge in [-0.15, -0.1) is 0 Å². The predicted molar refractivity (Wildman–Crippen MR) is 75.2 cm³/mol. The summed E-state index contributed by atoms with van der Waals surface area (Å²) in [5, 5.41) is 9.96. The van der Waals surface area contributed by atoms with Gasteiger partial charge in [0, 0.05) is 0 Å². The monoisotopic (exact) mass is 296 g/mol. The number of halogens is 1. The molecule has 2 rings (SSSR count). The molecule has 3 N–H and O–H groups in total. The molecule has 116 valence electrons. The fourth-order valence-electron chi connectivity index (χ4n) is 2.61. The number of nitrogens with zero attached hydrogens (tertiary/aromatic N) is 1. The second-order valence-electron chi connectivity index (χ2n) is 5.48. The zero-order valence-corrected chi connectivity index (χ0v) is 12.0. The summed E-state index contributed by atoms with van der Waals surface area (Å²) < 4.78 is 18.8. The van der Waals surface area contributed by atoms with E-state index in [4.69, 9.17) is 10.5 Å². The molecule has 1 heterocycles. The normalized spacial score (nSPS) is 23.0. The highest BCUT2D eigenvalue weighted by Gasteiger charge is 2.27. The average Bonchev–Trinajstić information content (AvgIpc) is 2.93. The Morgan fingerprint density at radius 3 is 2.76 bits per heavy atom. The predicted octanol–water partition coefficient (Wildman–Crippen LogP) is 2.98. The van der Waals surface area contributed by atoms with Crippen molar-refractivity contribution in [3.63, 3.8) is 0 Å². The van der Waals surface area contributed by atoms with Crippen molar-refractivity contribution in [3.05, 3.63) is 35.6 Å². The van der Waals surface area contributed by atoms with Crippen molar-refractivity contribution in [2.45, 2.75) is 50.9 Å². The Hall–Kier alpha value is -1.66. The van der Waals surface area contributed by atoms with E-state index in [-0.39, 0.29) is 24.1 Å². The maximum absolute atomic E-state index is 12.9. The van der Waals surface area contributed by atoms with Crippen LogP contribution in [0.5, 0.6) is 0 Å². The molecule has 21 heavy (non-hydrogen) atoms. The van der Waals surface area contributed by atoms with E-state index >= 15 is 0 Å². The van der Waals surface area contributed by atoms with Crippen LogP contribution in [0.15, 0.2) is 24.3 Å². The molecule has 0 saturated carbocycles. The minimum Gasteiger partial charge on any atom is -0.370 e. The lowest BCUT2D eigenvalue weighted by molar-refractivity contribution is -0.0753. The Kier molecular flexibility index (Phi) is 5.14. The summed E-state index contributed by atoms with van der Waals surface area (Å²) in [6.45, 7) is 1.73. The van der Waals surface area contributed by atoms with E-state index in [1.54, 1.807) is 19.1 Å². The fourth-order valence-corrected chi connectivity index (χ4v) is 2.61. The maximum Gasteiger partial charge on any atom is 0.338 e. The van der Waals surface area contributed by atoms with Crippen molar-refractivity contribution in [2.24, 2.45) is 5.73 Å². The highest BCUT2D eigenvalue weighted by molar-refractivity contribution is 5.70. The van der Waals surface area contributed by atoms with Crippen molar-refractivity contribution in [1.82, 2.24) is 5.06 Å². The Balaban J connectivity index is 1.80. The molecule has 0 bridgehead atoms. The molecule has 0 aromatic heterocycles. The number of primary amides is 1.